The first-order valence-electron chi connectivity index (χ1n) is 5.07. The third-order valence-electron chi connectivity index (χ3n) is 2.41. The predicted molar refractivity (Wildman–Crippen MR) is 71.8 cm³/mol. The van der Waals surface area contributed by atoms with Gasteiger partial charge in [0.15, 0.2) is 5.84 Å². The molecule has 0 aromatic heterocycles. The fourth-order valence-electron chi connectivity index (χ4n) is 1.36. The molecule has 0 amide bonds. The quantitative estimate of drug-likeness (QED) is 0.375. The average molecular weight is 302 g/mol. The summed E-state index contributed by atoms with van der Waals surface area (Å²) in [5.74, 6) is 0.0861. The van der Waals surface area contributed by atoms with E-state index in [1.807, 2.05) is 19.2 Å². The van der Waals surface area contributed by atoms with Crippen LogP contribution in [0.5, 0.6) is 0 Å². The fraction of sp³-hybridized carbons (Fsp3) is 0.364. The lowest BCUT2D eigenvalue weighted by atomic mass is 10.2. The Kier molecular flexibility index (Phi) is 5.24. The van der Waals surface area contributed by atoms with E-state index in [-0.39, 0.29) is 5.84 Å². The van der Waals surface area contributed by atoms with Crippen molar-refractivity contribution in [3.8, 4) is 0 Å². The zero-order valence-corrected chi connectivity index (χ0v) is 11.4. The lowest BCUT2D eigenvalue weighted by Crippen LogP contribution is -2.22. The number of amidine groups is 1. The van der Waals surface area contributed by atoms with Crippen LogP contribution in [-0.4, -0.2) is 38.4 Å². The van der Waals surface area contributed by atoms with Gasteiger partial charge in [0.05, 0.1) is 6.61 Å². The number of ether oxygens (including phenoxy) is 1. The molecule has 0 fully saturated rings. The van der Waals surface area contributed by atoms with Gasteiger partial charge in [-0.3, -0.25) is 0 Å². The van der Waals surface area contributed by atoms with Crippen molar-refractivity contribution < 1.29 is 9.94 Å². The second-order valence-electron chi connectivity index (χ2n) is 3.56. The summed E-state index contributed by atoms with van der Waals surface area (Å²) in [6.07, 6.45) is 0. The second kappa shape index (κ2) is 6.46. The molecule has 0 saturated carbocycles. The summed E-state index contributed by atoms with van der Waals surface area (Å²) in [6.45, 7) is 1.46. The molecule has 5 nitrogen and oxygen atoms in total. The molecule has 3 N–H and O–H groups in total. The van der Waals surface area contributed by atoms with Crippen LogP contribution in [0.3, 0.4) is 0 Å². The molecule has 94 valence electrons. The lowest BCUT2D eigenvalue weighted by Gasteiger charge is -2.19. The second-order valence-corrected chi connectivity index (χ2v) is 4.42. The van der Waals surface area contributed by atoms with Gasteiger partial charge in [-0.1, -0.05) is 5.16 Å². The maximum Gasteiger partial charge on any atom is 0.171 e. The Morgan fingerprint density at radius 3 is 2.82 bits per heavy atom. The molecule has 6 heteroatoms. The summed E-state index contributed by atoms with van der Waals surface area (Å²) in [7, 11) is 3.65. The van der Waals surface area contributed by atoms with Crippen molar-refractivity contribution >= 4 is 27.5 Å². The van der Waals surface area contributed by atoms with Crippen molar-refractivity contribution in [1.29, 1.82) is 0 Å². The third-order valence-corrected chi connectivity index (χ3v) is 3.06. The molecule has 1 rings (SSSR count). The first-order chi connectivity index (χ1) is 8.10. The Bertz CT molecular complexity index is 410. The number of benzene rings is 1. The number of hydrogen-bond donors (Lipinski definition) is 2. The summed E-state index contributed by atoms with van der Waals surface area (Å²) in [4.78, 5) is 2.06. The third kappa shape index (κ3) is 3.61. The van der Waals surface area contributed by atoms with E-state index in [9.17, 15) is 0 Å². The first-order valence-corrected chi connectivity index (χ1v) is 5.87. The molecule has 1 aromatic rings. The van der Waals surface area contributed by atoms with Crippen LogP contribution in [-0.2, 0) is 4.74 Å². The zero-order chi connectivity index (χ0) is 12.8. The number of rotatable bonds is 5. The van der Waals surface area contributed by atoms with E-state index < -0.39 is 0 Å². The summed E-state index contributed by atoms with van der Waals surface area (Å²) in [6, 6.07) is 5.63. The van der Waals surface area contributed by atoms with Crippen molar-refractivity contribution in [2.45, 2.75) is 0 Å². The monoisotopic (exact) mass is 301 g/mol. The first kappa shape index (κ1) is 13.8. The molecule has 0 heterocycles. The van der Waals surface area contributed by atoms with Gasteiger partial charge in [0.2, 0.25) is 0 Å². The molecule has 0 spiro atoms. The van der Waals surface area contributed by atoms with Crippen molar-refractivity contribution in [2.75, 3.05) is 32.2 Å². The van der Waals surface area contributed by atoms with E-state index in [4.69, 9.17) is 15.7 Å². The number of halogens is 1. The summed E-state index contributed by atoms with van der Waals surface area (Å²) >= 11 is 3.40. The minimum atomic E-state index is 0.0861. The number of nitrogens with two attached hydrogens (primary N) is 1. The summed E-state index contributed by atoms with van der Waals surface area (Å²) in [5.41, 5.74) is 7.23. The highest BCUT2D eigenvalue weighted by atomic mass is 79.9. The highest BCUT2D eigenvalue weighted by Gasteiger charge is 2.08. The highest BCUT2D eigenvalue weighted by Crippen LogP contribution is 2.23. The van der Waals surface area contributed by atoms with E-state index in [1.165, 1.54) is 0 Å². The van der Waals surface area contributed by atoms with Gasteiger partial charge in [-0.15, -0.1) is 0 Å². The average Bonchev–Trinajstić information content (AvgIpc) is 2.34. The minimum Gasteiger partial charge on any atom is -0.409 e. The van der Waals surface area contributed by atoms with Gasteiger partial charge in [0.25, 0.3) is 0 Å². The highest BCUT2D eigenvalue weighted by molar-refractivity contribution is 9.10. The zero-order valence-electron chi connectivity index (χ0n) is 9.85. The lowest BCUT2D eigenvalue weighted by molar-refractivity contribution is 0.206. The number of anilines is 1. The van der Waals surface area contributed by atoms with Crippen LogP contribution in [0.1, 0.15) is 5.56 Å². The maximum absolute atomic E-state index is 8.62. The SMILES string of the molecule is COCCN(C)c1ccc(/C(N)=N/O)c(Br)c1. The molecule has 0 saturated heterocycles. The number of nitrogens with zero attached hydrogens (tertiary/aromatic N) is 2. The van der Waals surface area contributed by atoms with Crippen molar-refractivity contribution in [3.63, 3.8) is 0 Å². The van der Waals surface area contributed by atoms with Gasteiger partial charge in [-0.25, -0.2) is 0 Å². The van der Waals surface area contributed by atoms with Gasteiger partial charge >= 0.3 is 0 Å². The van der Waals surface area contributed by atoms with Crippen LogP contribution in [0, 0.1) is 0 Å². The Hall–Kier alpha value is -1.27. The van der Waals surface area contributed by atoms with Crippen LogP contribution in [0.4, 0.5) is 5.69 Å². The molecule has 0 bridgehead atoms. The van der Waals surface area contributed by atoms with Gasteiger partial charge in [0, 0.05) is 36.4 Å². The number of hydrogen-bond acceptors (Lipinski definition) is 4. The normalized spacial score (nSPS) is 11.6. The van der Waals surface area contributed by atoms with Crippen LogP contribution in [0.25, 0.3) is 0 Å². The molecule has 0 unspecified atom stereocenters. The van der Waals surface area contributed by atoms with Crippen molar-refractivity contribution in [2.24, 2.45) is 10.9 Å². The smallest absolute Gasteiger partial charge is 0.171 e. The van der Waals surface area contributed by atoms with Gasteiger partial charge in [-0.2, -0.15) is 0 Å². The molecule has 0 aliphatic rings. The Morgan fingerprint density at radius 2 is 2.29 bits per heavy atom. The van der Waals surface area contributed by atoms with Crippen LogP contribution >= 0.6 is 15.9 Å². The van der Waals surface area contributed by atoms with E-state index in [0.29, 0.717) is 12.2 Å². The molecule has 0 atom stereocenters. The molecule has 1 aromatic carbocycles. The fourth-order valence-corrected chi connectivity index (χ4v) is 1.93. The van der Waals surface area contributed by atoms with Crippen molar-refractivity contribution in [1.82, 2.24) is 0 Å². The van der Waals surface area contributed by atoms with Crippen LogP contribution in [0.15, 0.2) is 27.8 Å². The van der Waals surface area contributed by atoms with E-state index in [2.05, 4.69) is 26.0 Å². The van der Waals surface area contributed by atoms with E-state index in [0.717, 1.165) is 16.7 Å². The Labute approximate surface area is 109 Å². The molecular formula is C11H16BrN3O2. The van der Waals surface area contributed by atoms with Gasteiger partial charge in [-0.05, 0) is 34.1 Å². The number of oxime groups is 1. The molecule has 17 heavy (non-hydrogen) atoms. The molecule has 0 aliphatic heterocycles. The predicted octanol–water partition coefficient (Wildman–Crippen LogP) is 1.63. The maximum atomic E-state index is 8.62. The Balaban J connectivity index is 2.88. The van der Waals surface area contributed by atoms with E-state index >= 15 is 0 Å². The van der Waals surface area contributed by atoms with Gasteiger partial charge < -0.3 is 20.6 Å². The summed E-state index contributed by atoms with van der Waals surface area (Å²) in [5, 5.41) is 11.6. The van der Waals surface area contributed by atoms with Gasteiger partial charge in [0.1, 0.15) is 0 Å². The Morgan fingerprint density at radius 1 is 1.59 bits per heavy atom. The van der Waals surface area contributed by atoms with Crippen LogP contribution < -0.4 is 10.6 Å². The number of likely N-dealkylation sites (N-methyl/N-ethyl adjacent to an activating group) is 1. The minimum absolute atomic E-state index is 0.0861. The standard InChI is InChI=1S/C11H16BrN3O2/c1-15(5-6-17-2)8-3-4-9(10(12)7-8)11(13)14-16/h3-4,7,16H,5-6H2,1-2H3,(H2,13,14). The topological polar surface area (TPSA) is 71.1 Å². The van der Waals surface area contributed by atoms with Crippen molar-refractivity contribution in [3.05, 3.63) is 28.2 Å². The molecule has 0 aliphatic carbocycles. The summed E-state index contributed by atoms with van der Waals surface area (Å²) < 4.78 is 5.80. The molecular weight excluding hydrogens is 286 g/mol. The largest absolute Gasteiger partial charge is 0.409 e. The van der Waals surface area contributed by atoms with E-state index in [1.54, 1.807) is 13.2 Å². The van der Waals surface area contributed by atoms with Crippen LogP contribution in [0.2, 0.25) is 0 Å². The number of methoxy groups -OCH3 is 1. The molecule has 0 radical (unpaired) electrons.